The van der Waals surface area contributed by atoms with Gasteiger partial charge in [-0.15, -0.1) is 0 Å². The summed E-state index contributed by atoms with van der Waals surface area (Å²) in [4.78, 5) is 11.6. The molecule has 0 aliphatic carbocycles. The third kappa shape index (κ3) is 4.72. The highest BCUT2D eigenvalue weighted by Crippen LogP contribution is 2.10. The van der Waals surface area contributed by atoms with Crippen molar-refractivity contribution in [3.05, 3.63) is 59.2 Å². The van der Waals surface area contributed by atoms with E-state index in [0.29, 0.717) is 5.56 Å². The van der Waals surface area contributed by atoms with Gasteiger partial charge in [-0.25, -0.2) is 8.78 Å². The first-order chi connectivity index (χ1) is 7.99. The maximum atomic E-state index is 13.0. The van der Waals surface area contributed by atoms with Crippen LogP contribution >= 0.6 is 0 Å². The molecule has 1 aromatic carbocycles. The molecule has 1 aromatic rings. The molecule has 0 aliphatic rings. The number of ketones is 1. The minimum Gasteiger partial charge on any atom is -0.294 e. The number of benzene rings is 1. The molecule has 0 aliphatic heterocycles. The summed E-state index contributed by atoms with van der Waals surface area (Å²) >= 11 is 0. The van der Waals surface area contributed by atoms with Gasteiger partial charge in [-0.2, -0.15) is 0 Å². The molecule has 90 valence electrons. The fourth-order valence-corrected chi connectivity index (χ4v) is 1.30. The van der Waals surface area contributed by atoms with Crippen LogP contribution in [0.4, 0.5) is 8.78 Å². The predicted molar refractivity (Wildman–Crippen MR) is 64.2 cm³/mol. The fourth-order valence-electron chi connectivity index (χ4n) is 1.30. The highest BCUT2D eigenvalue weighted by Gasteiger charge is 2.04. The third-order valence-corrected chi connectivity index (χ3v) is 2.19. The van der Waals surface area contributed by atoms with Gasteiger partial charge in [0, 0.05) is 18.1 Å². The molecule has 3 heteroatoms. The van der Waals surface area contributed by atoms with Crippen molar-refractivity contribution in [2.75, 3.05) is 0 Å². The Morgan fingerprint density at radius 2 is 1.82 bits per heavy atom. The Morgan fingerprint density at radius 1 is 1.24 bits per heavy atom. The molecule has 0 spiro atoms. The Labute approximate surface area is 99.5 Å². The summed E-state index contributed by atoms with van der Waals surface area (Å²) in [5.41, 5.74) is 1.58. The topological polar surface area (TPSA) is 17.1 Å². The summed E-state index contributed by atoms with van der Waals surface area (Å²) in [5, 5.41) is 0. The van der Waals surface area contributed by atoms with E-state index >= 15 is 0 Å². The lowest BCUT2D eigenvalue weighted by Crippen LogP contribution is -1.96. The van der Waals surface area contributed by atoms with E-state index in [-0.39, 0.29) is 12.2 Å². The minimum absolute atomic E-state index is 0.0708. The Kier molecular flexibility index (Phi) is 4.76. The van der Waals surface area contributed by atoms with E-state index in [0.717, 1.165) is 24.6 Å². The molecular weight excluding hydrogens is 222 g/mol. The molecule has 0 heterocycles. The quantitative estimate of drug-likeness (QED) is 0.563. The van der Waals surface area contributed by atoms with Crippen LogP contribution in [0.15, 0.2) is 48.1 Å². The number of hydrogen-bond acceptors (Lipinski definition) is 1. The van der Waals surface area contributed by atoms with E-state index in [1.165, 1.54) is 0 Å². The Hall–Kier alpha value is -1.77. The molecule has 1 nitrogen and oxygen atoms in total. The van der Waals surface area contributed by atoms with Gasteiger partial charge in [0.25, 0.3) is 0 Å². The zero-order chi connectivity index (χ0) is 12.8. The SMILES string of the molecule is C/C(F)=C\C(F)=C/CC(=O)c1ccc(C)cc1. The van der Waals surface area contributed by atoms with Crippen molar-refractivity contribution >= 4 is 5.78 Å². The number of Topliss-reactive ketones (excluding diaryl/α,β-unsaturated/α-hetero) is 1. The molecule has 0 amide bonds. The predicted octanol–water partition coefficient (Wildman–Crippen LogP) is 4.29. The molecule has 17 heavy (non-hydrogen) atoms. The zero-order valence-corrected chi connectivity index (χ0v) is 9.84. The molecule has 0 N–H and O–H groups in total. The molecule has 0 radical (unpaired) electrons. The Balaban J connectivity index is 2.67. The van der Waals surface area contributed by atoms with Gasteiger partial charge in [-0.05, 0) is 19.9 Å². The molecule has 0 bridgehead atoms. The van der Waals surface area contributed by atoms with Crippen LogP contribution in [0.2, 0.25) is 0 Å². The van der Waals surface area contributed by atoms with E-state index in [1.807, 2.05) is 19.1 Å². The lowest BCUT2D eigenvalue weighted by atomic mass is 10.1. The molecule has 1 rings (SSSR count). The largest absolute Gasteiger partial charge is 0.294 e. The Bertz CT molecular complexity index is 452. The summed E-state index contributed by atoms with van der Waals surface area (Å²) in [6, 6.07) is 7.02. The maximum absolute atomic E-state index is 13.0. The number of carbonyl (C=O) groups excluding carboxylic acids is 1. The molecule has 0 saturated carbocycles. The number of rotatable bonds is 4. The monoisotopic (exact) mass is 236 g/mol. The van der Waals surface area contributed by atoms with Crippen LogP contribution in [0.1, 0.15) is 29.3 Å². The van der Waals surface area contributed by atoms with Crippen molar-refractivity contribution in [2.24, 2.45) is 0 Å². The summed E-state index contributed by atoms with van der Waals surface area (Å²) in [5.74, 6) is -1.54. The number of allylic oxidation sites excluding steroid dienone is 4. The van der Waals surface area contributed by atoms with Gasteiger partial charge < -0.3 is 0 Å². The van der Waals surface area contributed by atoms with E-state index in [4.69, 9.17) is 0 Å². The highest BCUT2D eigenvalue weighted by atomic mass is 19.1. The van der Waals surface area contributed by atoms with E-state index in [2.05, 4.69) is 0 Å². The molecule has 0 unspecified atom stereocenters. The van der Waals surface area contributed by atoms with Crippen molar-refractivity contribution in [1.82, 2.24) is 0 Å². The molecule has 0 fully saturated rings. The number of aryl methyl sites for hydroxylation is 1. The van der Waals surface area contributed by atoms with E-state index in [1.54, 1.807) is 12.1 Å². The van der Waals surface area contributed by atoms with Gasteiger partial charge in [0.15, 0.2) is 5.78 Å². The van der Waals surface area contributed by atoms with Crippen LogP contribution in [0.5, 0.6) is 0 Å². The van der Waals surface area contributed by atoms with Gasteiger partial charge in [-0.3, -0.25) is 4.79 Å². The van der Waals surface area contributed by atoms with Crippen molar-refractivity contribution in [3.63, 3.8) is 0 Å². The van der Waals surface area contributed by atoms with E-state index in [9.17, 15) is 13.6 Å². The van der Waals surface area contributed by atoms with Gasteiger partial charge in [0.05, 0.1) is 5.83 Å². The van der Waals surface area contributed by atoms with Crippen LogP contribution in [0.25, 0.3) is 0 Å². The van der Waals surface area contributed by atoms with E-state index < -0.39 is 11.7 Å². The second kappa shape index (κ2) is 6.09. The first-order valence-electron chi connectivity index (χ1n) is 5.28. The van der Waals surface area contributed by atoms with Gasteiger partial charge in [-0.1, -0.05) is 29.8 Å². The lowest BCUT2D eigenvalue weighted by Gasteiger charge is -1.98. The summed E-state index contributed by atoms with van der Waals surface area (Å²) < 4.78 is 25.3. The number of halogens is 2. The third-order valence-electron chi connectivity index (χ3n) is 2.19. The number of carbonyl (C=O) groups is 1. The van der Waals surface area contributed by atoms with Crippen LogP contribution in [0, 0.1) is 6.92 Å². The number of hydrogen-bond donors (Lipinski definition) is 0. The minimum atomic E-state index is -0.731. The first kappa shape index (κ1) is 13.3. The maximum Gasteiger partial charge on any atom is 0.166 e. The van der Waals surface area contributed by atoms with Gasteiger partial charge in [0.1, 0.15) is 5.83 Å². The molecule has 0 atom stereocenters. The summed E-state index contributed by atoms with van der Waals surface area (Å²) in [7, 11) is 0. The molecule has 0 saturated heterocycles. The van der Waals surface area contributed by atoms with Crippen molar-refractivity contribution in [1.29, 1.82) is 0 Å². The van der Waals surface area contributed by atoms with Crippen molar-refractivity contribution < 1.29 is 13.6 Å². The second-order valence-electron chi connectivity index (χ2n) is 3.81. The average molecular weight is 236 g/mol. The van der Waals surface area contributed by atoms with Crippen LogP contribution in [-0.4, -0.2) is 5.78 Å². The van der Waals surface area contributed by atoms with Gasteiger partial charge in [0.2, 0.25) is 0 Å². The van der Waals surface area contributed by atoms with Crippen LogP contribution < -0.4 is 0 Å². The van der Waals surface area contributed by atoms with Crippen molar-refractivity contribution in [2.45, 2.75) is 20.3 Å². The van der Waals surface area contributed by atoms with Crippen molar-refractivity contribution in [3.8, 4) is 0 Å². The van der Waals surface area contributed by atoms with Crippen LogP contribution in [0.3, 0.4) is 0 Å². The average Bonchev–Trinajstić information content (AvgIpc) is 2.26. The second-order valence-corrected chi connectivity index (χ2v) is 3.81. The Morgan fingerprint density at radius 3 is 2.35 bits per heavy atom. The first-order valence-corrected chi connectivity index (χ1v) is 5.28. The summed E-state index contributed by atoms with van der Waals surface area (Å²) in [6.45, 7) is 3.07. The normalized spacial score (nSPS) is 12.7. The highest BCUT2D eigenvalue weighted by molar-refractivity contribution is 5.97. The summed E-state index contributed by atoms with van der Waals surface area (Å²) in [6.07, 6.45) is 1.76. The standard InChI is InChI=1S/C14H14F2O/c1-10-3-5-12(6-4-10)14(17)8-7-13(16)9-11(2)15/h3-7,9H,8H2,1-2H3/b11-9+,13-7+. The van der Waals surface area contributed by atoms with Crippen LogP contribution in [-0.2, 0) is 0 Å². The zero-order valence-electron chi connectivity index (χ0n) is 9.84. The molecule has 0 aromatic heterocycles. The van der Waals surface area contributed by atoms with Gasteiger partial charge >= 0.3 is 0 Å². The fraction of sp³-hybridized carbons (Fsp3) is 0.214. The molecular formula is C14H14F2O. The lowest BCUT2D eigenvalue weighted by molar-refractivity contribution is 0.0995. The smallest absolute Gasteiger partial charge is 0.166 e.